The number of fused-ring (bicyclic) bond motifs is 1. The summed E-state index contributed by atoms with van der Waals surface area (Å²) in [5, 5.41) is 9.90. The van der Waals surface area contributed by atoms with E-state index in [1.807, 2.05) is 38.1 Å². The SMILES string of the molecule is C/C=C/c1cc(OC)c2c(c1-c1ccc(O)c(OC)c1)C(C)OC2. The van der Waals surface area contributed by atoms with E-state index in [9.17, 15) is 5.11 Å². The second-order valence-corrected chi connectivity index (χ2v) is 5.78. The molecule has 1 aliphatic heterocycles. The molecule has 24 heavy (non-hydrogen) atoms. The van der Waals surface area contributed by atoms with Crippen molar-refractivity contribution in [1.82, 2.24) is 0 Å². The van der Waals surface area contributed by atoms with Crippen LogP contribution in [0, 0.1) is 0 Å². The van der Waals surface area contributed by atoms with Crippen LogP contribution in [0.25, 0.3) is 17.2 Å². The van der Waals surface area contributed by atoms with Crippen molar-refractivity contribution in [3.63, 3.8) is 0 Å². The summed E-state index contributed by atoms with van der Waals surface area (Å²) in [6.45, 7) is 4.57. The lowest BCUT2D eigenvalue weighted by Gasteiger charge is -2.18. The molecule has 0 bridgehead atoms. The highest BCUT2D eigenvalue weighted by atomic mass is 16.5. The van der Waals surface area contributed by atoms with Crippen molar-refractivity contribution in [2.75, 3.05) is 14.2 Å². The van der Waals surface area contributed by atoms with E-state index in [1.165, 1.54) is 0 Å². The first-order valence-electron chi connectivity index (χ1n) is 7.96. The number of methoxy groups -OCH3 is 2. The Bertz CT molecular complexity index is 793. The van der Waals surface area contributed by atoms with E-state index in [4.69, 9.17) is 14.2 Å². The first-order chi connectivity index (χ1) is 11.6. The van der Waals surface area contributed by atoms with Crippen LogP contribution < -0.4 is 9.47 Å². The van der Waals surface area contributed by atoms with E-state index in [1.54, 1.807) is 20.3 Å². The number of allylic oxidation sites excluding steroid dienone is 1. The molecule has 1 N–H and O–H groups in total. The van der Waals surface area contributed by atoms with Gasteiger partial charge in [0.15, 0.2) is 11.5 Å². The Kier molecular flexibility index (Phi) is 4.49. The van der Waals surface area contributed by atoms with E-state index < -0.39 is 0 Å². The molecule has 1 heterocycles. The molecule has 0 saturated heterocycles. The van der Waals surface area contributed by atoms with E-state index in [0.717, 1.165) is 33.6 Å². The summed E-state index contributed by atoms with van der Waals surface area (Å²) in [7, 11) is 3.23. The van der Waals surface area contributed by atoms with Gasteiger partial charge in [-0.15, -0.1) is 0 Å². The van der Waals surface area contributed by atoms with E-state index >= 15 is 0 Å². The fourth-order valence-corrected chi connectivity index (χ4v) is 3.28. The maximum absolute atomic E-state index is 9.90. The minimum atomic E-state index is -0.0195. The van der Waals surface area contributed by atoms with Crippen molar-refractivity contribution in [2.24, 2.45) is 0 Å². The molecule has 4 heteroatoms. The fraction of sp³-hybridized carbons (Fsp3) is 0.300. The number of phenols is 1. The molecular formula is C20H22O4. The Morgan fingerprint density at radius 1 is 1.17 bits per heavy atom. The number of aromatic hydroxyl groups is 1. The zero-order valence-electron chi connectivity index (χ0n) is 14.4. The Hall–Kier alpha value is -2.46. The summed E-state index contributed by atoms with van der Waals surface area (Å²) in [6.07, 6.45) is 4.04. The van der Waals surface area contributed by atoms with Crippen molar-refractivity contribution < 1.29 is 19.3 Å². The lowest BCUT2D eigenvalue weighted by Crippen LogP contribution is -1.99. The zero-order valence-corrected chi connectivity index (χ0v) is 14.4. The van der Waals surface area contributed by atoms with E-state index in [0.29, 0.717) is 12.4 Å². The van der Waals surface area contributed by atoms with Crippen molar-refractivity contribution in [2.45, 2.75) is 26.6 Å². The van der Waals surface area contributed by atoms with E-state index in [2.05, 4.69) is 6.08 Å². The minimum Gasteiger partial charge on any atom is -0.504 e. The molecule has 0 aliphatic carbocycles. The molecule has 0 radical (unpaired) electrons. The molecule has 0 spiro atoms. The molecule has 0 fully saturated rings. The molecule has 1 unspecified atom stereocenters. The highest BCUT2D eigenvalue weighted by Gasteiger charge is 2.28. The molecule has 2 aromatic rings. The standard InChI is InChI=1S/C20H22O4/c1-5-6-13-9-17(22-3)15-11-24-12(2)19(15)20(13)14-7-8-16(21)18(10-14)23-4/h5-10,12,21H,11H2,1-4H3/b6-5+. The van der Waals surface area contributed by atoms with Gasteiger partial charge in [0.1, 0.15) is 5.75 Å². The lowest BCUT2D eigenvalue weighted by molar-refractivity contribution is 0.0792. The first kappa shape index (κ1) is 16.4. The Labute approximate surface area is 142 Å². The van der Waals surface area contributed by atoms with Gasteiger partial charge >= 0.3 is 0 Å². The summed E-state index contributed by atoms with van der Waals surface area (Å²) in [4.78, 5) is 0. The van der Waals surface area contributed by atoms with Gasteiger partial charge in [0.2, 0.25) is 0 Å². The Morgan fingerprint density at radius 2 is 1.92 bits per heavy atom. The molecule has 1 aliphatic rings. The average molecular weight is 326 g/mol. The summed E-state index contributed by atoms with van der Waals surface area (Å²) in [5.41, 5.74) is 5.34. The van der Waals surface area contributed by atoms with Crippen LogP contribution in [-0.2, 0) is 11.3 Å². The van der Waals surface area contributed by atoms with Crippen LogP contribution >= 0.6 is 0 Å². The monoisotopic (exact) mass is 326 g/mol. The molecule has 2 aromatic carbocycles. The number of phenolic OH excluding ortho intramolecular Hbond substituents is 1. The van der Waals surface area contributed by atoms with Crippen molar-refractivity contribution >= 4 is 6.08 Å². The third-order valence-electron chi connectivity index (χ3n) is 4.39. The molecule has 126 valence electrons. The topological polar surface area (TPSA) is 47.9 Å². The number of benzene rings is 2. The molecule has 0 aromatic heterocycles. The molecule has 0 amide bonds. The van der Waals surface area contributed by atoms with E-state index in [-0.39, 0.29) is 11.9 Å². The van der Waals surface area contributed by atoms with Gasteiger partial charge in [0, 0.05) is 5.56 Å². The van der Waals surface area contributed by atoms with Crippen LogP contribution in [0.2, 0.25) is 0 Å². The third-order valence-corrected chi connectivity index (χ3v) is 4.39. The van der Waals surface area contributed by atoms with Gasteiger partial charge in [0.25, 0.3) is 0 Å². The average Bonchev–Trinajstić information content (AvgIpc) is 2.97. The predicted molar refractivity (Wildman–Crippen MR) is 94.6 cm³/mol. The maximum Gasteiger partial charge on any atom is 0.161 e. The van der Waals surface area contributed by atoms with Crippen LogP contribution in [0.1, 0.15) is 36.6 Å². The van der Waals surface area contributed by atoms with Crippen molar-refractivity contribution in [3.05, 3.63) is 47.0 Å². The minimum absolute atomic E-state index is 0.0195. The molecule has 0 saturated carbocycles. The molecular weight excluding hydrogens is 304 g/mol. The van der Waals surface area contributed by atoms with Crippen molar-refractivity contribution in [3.8, 4) is 28.4 Å². The number of hydrogen-bond donors (Lipinski definition) is 1. The number of rotatable bonds is 4. The Morgan fingerprint density at radius 3 is 2.58 bits per heavy atom. The summed E-state index contributed by atoms with van der Waals surface area (Å²) >= 11 is 0. The fourth-order valence-electron chi connectivity index (χ4n) is 3.28. The highest BCUT2D eigenvalue weighted by Crippen LogP contribution is 2.46. The van der Waals surface area contributed by atoms with Gasteiger partial charge in [-0.05, 0) is 54.3 Å². The van der Waals surface area contributed by atoms with Crippen LogP contribution in [0.4, 0.5) is 0 Å². The van der Waals surface area contributed by atoms with Gasteiger partial charge < -0.3 is 19.3 Å². The Balaban J connectivity index is 2.32. The summed E-state index contributed by atoms with van der Waals surface area (Å²) in [6, 6.07) is 7.45. The number of hydrogen-bond acceptors (Lipinski definition) is 4. The maximum atomic E-state index is 9.90. The van der Waals surface area contributed by atoms with Gasteiger partial charge in [0.05, 0.1) is 26.9 Å². The third kappa shape index (κ3) is 2.63. The second-order valence-electron chi connectivity index (χ2n) is 5.78. The van der Waals surface area contributed by atoms with Gasteiger partial charge in [-0.1, -0.05) is 18.2 Å². The highest BCUT2D eigenvalue weighted by molar-refractivity contribution is 5.82. The van der Waals surface area contributed by atoms with Crippen LogP contribution in [0.3, 0.4) is 0 Å². The number of ether oxygens (including phenoxy) is 3. The predicted octanol–water partition coefficient (Wildman–Crippen LogP) is 4.70. The van der Waals surface area contributed by atoms with Gasteiger partial charge in [-0.3, -0.25) is 0 Å². The van der Waals surface area contributed by atoms with Crippen molar-refractivity contribution in [1.29, 1.82) is 0 Å². The van der Waals surface area contributed by atoms with Crippen LogP contribution in [0.5, 0.6) is 17.2 Å². The quantitative estimate of drug-likeness (QED) is 0.884. The summed E-state index contributed by atoms with van der Waals surface area (Å²) in [5.74, 6) is 1.43. The van der Waals surface area contributed by atoms with Gasteiger partial charge in [-0.2, -0.15) is 0 Å². The normalized spacial score (nSPS) is 16.4. The first-order valence-corrected chi connectivity index (χ1v) is 7.96. The molecule has 4 nitrogen and oxygen atoms in total. The zero-order chi connectivity index (χ0) is 17.3. The van der Waals surface area contributed by atoms with Gasteiger partial charge in [-0.25, -0.2) is 0 Å². The smallest absolute Gasteiger partial charge is 0.161 e. The summed E-state index contributed by atoms with van der Waals surface area (Å²) < 4.78 is 16.7. The lowest BCUT2D eigenvalue weighted by atomic mass is 9.88. The molecule has 1 atom stereocenters. The second kappa shape index (κ2) is 6.57. The largest absolute Gasteiger partial charge is 0.504 e. The van der Waals surface area contributed by atoms with Crippen LogP contribution in [0.15, 0.2) is 30.3 Å². The van der Waals surface area contributed by atoms with Crippen LogP contribution in [-0.4, -0.2) is 19.3 Å². The molecule has 3 rings (SSSR count).